The van der Waals surface area contributed by atoms with E-state index in [1.165, 1.54) is 17.7 Å². The van der Waals surface area contributed by atoms with Gasteiger partial charge in [-0.3, -0.25) is 0 Å². The van der Waals surface area contributed by atoms with Crippen molar-refractivity contribution in [2.45, 2.75) is 13.3 Å². The number of hydrogen-bond donors (Lipinski definition) is 1. The van der Waals surface area contributed by atoms with Crippen molar-refractivity contribution in [1.82, 2.24) is 9.97 Å². The minimum Gasteiger partial charge on any atom is -0.504 e. The summed E-state index contributed by atoms with van der Waals surface area (Å²) < 4.78 is 11.8. The molecule has 0 amide bonds. The van der Waals surface area contributed by atoms with E-state index >= 15 is 0 Å². The van der Waals surface area contributed by atoms with Gasteiger partial charge in [0.05, 0.1) is 24.6 Å². The molecule has 1 atom stereocenters. The Morgan fingerprint density at radius 3 is 3.04 bits per heavy atom. The van der Waals surface area contributed by atoms with Gasteiger partial charge in [-0.25, -0.2) is 9.97 Å². The van der Waals surface area contributed by atoms with Crippen molar-refractivity contribution in [3.63, 3.8) is 0 Å². The molecule has 0 spiro atoms. The number of aromatic hydroxyl groups is 1. The lowest BCUT2D eigenvalue weighted by Crippen LogP contribution is -2.02. The Labute approximate surface area is 160 Å². The predicted molar refractivity (Wildman–Crippen MR) is 104 cm³/mol. The van der Waals surface area contributed by atoms with Crippen LogP contribution in [0.15, 0.2) is 40.8 Å². The van der Waals surface area contributed by atoms with Crippen LogP contribution in [0.2, 0.25) is 0 Å². The van der Waals surface area contributed by atoms with Crippen LogP contribution in [-0.2, 0) is 4.74 Å². The molecule has 3 aromatic rings. The van der Waals surface area contributed by atoms with E-state index in [1.54, 1.807) is 0 Å². The van der Waals surface area contributed by atoms with E-state index in [0.717, 1.165) is 30.9 Å². The van der Waals surface area contributed by atoms with Crippen molar-refractivity contribution in [2.75, 3.05) is 26.4 Å². The number of nitrogens with zero attached hydrogens (tertiary/aromatic N) is 4. The summed E-state index contributed by atoms with van der Waals surface area (Å²) in [5.74, 6) is 1.72. The fraction of sp³-hybridized carbons (Fsp3) is 0.368. The summed E-state index contributed by atoms with van der Waals surface area (Å²) >= 11 is 1.39. The molecule has 1 fully saturated rings. The van der Waals surface area contributed by atoms with Crippen molar-refractivity contribution < 1.29 is 14.6 Å². The van der Waals surface area contributed by atoms with Gasteiger partial charge in [0.25, 0.3) is 0 Å². The quantitative estimate of drug-likeness (QED) is 0.628. The van der Waals surface area contributed by atoms with Crippen LogP contribution >= 0.6 is 11.3 Å². The normalized spacial score (nSPS) is 17.1. The third-order valence-electron chi connectivity index (χ3n) is 4.39. The number of benzene rings is 1. The summed E-state index contributed by atoms with van der Waals surface area (Å²) in [4.78, 5) is 9.17. The van der Waals surface area contributed by atoms with Gasteiger partial charge in [-0.15, -0.1) is 16.5 Å². The van der Waals surface area contributed by atoms with Crippen molar-refractivity contribution in [3.05, 3.63) is 30.6 Å². The van der Waals surface area contributed by atoms with Gasteiger partial charge in [0.2, 0.25) is 0 Å². The van der Waals surface area contributed by atoms with Gasteiger partial charge in [0, 0.05) is 18.1 Å². The first-order valence-corrected chi connectivity index (χ1v) is 9.73. The number of rotatable bonds is 6. The first-order chi connectivity index (χ1) is 13.3. The maximum atomic E-state index is 10.7. The molecule has 0 aliphatic carbocycles. The average Bonchev–Trinajstić information content (AvgIpc) is 3.32. The molecule has 0 radical (unpaired) electrons. The Kier molecular flexibility index (Phi) is 5.26. The lowest BCUT2D eigenvalue weighted by molar-refractivity contribution is 0.187. The van der Waals surface area contributed by atoms with Crippen molar-refractivity contribution in [3.8, 4) is 21.9 Å². The molecule has 7 nitrogen and oxygen atoms in total. The summed E-state index contributed by atoms with van der Waals surface area (Å²) in [5, 5.41) is 19.3. The molecule has 140 valence electrons. The Morgan fingerprint density at radius 2 is 2.22 bits per heavy atom. The highest BCUT2D eigenvalue weighted by Gasteiger charge is 2.20. The highest BCUT2D eigenvalue weighted by molar-refractivity contribution is 7.23. The number of thiophene rings is 1. The van der Waals surface area contributed by atoms with Gasteiger partial charge in [-0.1, -0.05) is 12.1 Å². The summed E-state index contributed by atoms with van der Waals surface area (Å²) in [5.41, 5.74) is 1.31. The fourth-order valence-corrected chi connectivity index (χ4v) is 4.13. The summed E-state index contributed by atoms with van der Waals surface area (Å²) in [6.45, 7) is 4.62. The zero-order valence-corrected chi connectivity index (χ0v) is 15.8. The molecule has 27 heavy (non-hydrogen) atoms. The topological polar surface area (TPSA) is 89.2 Å². The van der Waals surface area contributed by atoms with Crippen LogP contribution in [0, 0.1) is 5.92 Å². The van der Waals surface area contributed by atoms with Gasteiger partial charge in [0.1, 0.15) is 22.3 Å². The molecule has 4 rings (SSSR count). The fourth-order valence-electron chi connectivity index (χ4n) is 3.03. The third kappa shape index (κ3) is 3.63. The summed E-state index contributed by atoms with van der Waals surface area (Å²) in [6.07, 6.45) is 2.41. The number of aromatic nitrogens is 2. The van der Waals surface area contributed by atoms with Gasteiger partial charge < -0.3 is 14.6 Å². The first kappa shape index (κ1) is 17.8. The largest absolute Gasteiger partial charge is 0.504 e. The maximum absolute atomic E-state index is 10.7. The van der Waals surface area contributed by atoms with E-state index < -0.39 is 0 Å². The molecule has 1 unspecified atom stereocenters. The van der Waals surface area contributed by atoms with E-state index in [9.17, 15) is 5.11 Å². The highest BCUT2D eigenvalue weighted by Crippen LogP contribution is 2.47. The Bertz CT molecular complexity index is 967. The zero-order chi connectivity index (χ0) is 18.6. The van der Waals surface area contributed by atoms with Crippen molar-refractivity contribution in [2.24, 2.45) is 16.1 Å². The van der Waals surface area contributed by atoms with Gasteiger partial charge in [0.15, 0.2) is 11.6 Å². The van der Waals surface area contributed by atoms with Crippen LogP contribution in [-0.4, -0.2) is 41.4 Å². The molecule has 1 saturated heterocycles. The summed E-state index contributed by atoms with van der Waals surface area (Å²) in [7, 11) is 0. The molecule has 0 saturated carbocycles. The monoisotopic (exact) mass is 384 g/mol. The van der Waals surface area contributed by atoms with Gasteiger partial charge >= 0.3 is 0 Å². The van der Waals surface area contributed by atoms with Crippen LogP contribution in [0.3, 0.4) is 0 Å². The standard InChI is InChI=1S/C19H20N4O3S/c1-2-26-14-6-4-3-5-13(14)17-16(24)15-18(27-17)19(21-11-20-15)23-22-9-12-7-8-25-10-12/h3-6,11-12,24H,2,7-10H2,1H3. The van der Waals surface area contributed by atoms with E-state index in [-0.39, 0.29) is 5.75 Å². The Hall–Kier alpha value is -2.58. The van der Waals surface area contributed by atoms with Gasteiger partial charge in [-0.05, 0) is 25.5 Å². The SMILES string of the molecule is CCOc1ccccc1-c1sc2c(N=NCC3CCOC3)ncnc2c1O. The molecule has 1 aliphatic rings. The molecule has 3 heterocycles. The van der Waals surface area contributed by atoms with Crippen molar-refractivity contribution >= 4 is 27.4 Å². The third-order valence-corrected chi connectivity index (χ3v) is 5.59. The highest BCUT2D eigenvalue weighted by atomic mass is 32.1. The molecule has 2 aromatic heterocycles. The van der Waals surface area contributed by atoms with Crippen LogP contribution in [0.4, 0.5) is 5.82 Å². The zero-order valence-electron chi connectivity index (χ0n) is 15.0. The smallest absolute Gasteiger partial charge is 0.195 e. The van der Waals surface area contributed by atoms with E-state index in [1.807, 2.05) is 31.2 Å². The molecule has 1 N–H and O–H groups in total. The molecular weight excluding hydrogens is 364 g/mol. The second-order valence-corrected chi connectivity index (χ2v) is 7.26. The number of hydrogen-bond acceptors (Lipinski definition) is 8. The number of fused-ring (bicyclic) bond motifs is 1. The Morgan fingerprint density at radius 1 is 1.33 bits per heavy atom. The second kappa shape index (κ2) is 7.98. The molecule has 1 aliphatic heterocycles. The number of para-hydroxylation sites is 1. The molecular formula is C19H20N4O3S. The predicted octanol–water partition coefficient (Wildman–Crippen LogP) is 4.58. The molecule has 0 bridgehead atoms. The van der Waals surface area contributed by atoms with E-state index in [0.29, 0.717) is 40.0 Å². The lowest BCUT2D eigenvalue weighted by Gasteiger charge is -2.08. The van der Waals surface area contributed by atoms with Crippen LogP contribution < -0.4 is 4.74 Å². The van der Waals surface area contributed by atoms with Crippen molar-refractivity contribution in [1.29, 1.82) is 0 Å². The molecule has 8 heteroatoms. The number of azo groups is 1. The first-order valence-electron chi connectivity index (χ1n) is 8.91. The Balaban J connectivity index is 1.70. The van der Waals surface area contributed by atoms with Crippen LogP contribution in [0.5, 0.6) is 11.5 Å². The van der Waals surface area contributed by atoms with Gasteiger partial charge in [-0.2, -0.15) is 5.11 Å². The average molecular weight is 384 g/mol. The minimum absolute atomic E-state index is 0.116. The lowest BCUT2D eigenvalue weighted by atomic mass is 10.1. The molecule has 1 aromatic carbocycles. The minimum atomic E-state index is 0.116. The maximum Gasteiger partial charge on any atom is 0.195 e. The van der Waals surface area contributed by atoms with Crippen LogP contribution in [0.1, 0.15) is 13.3 Å². The number of ether oxygens (including phenoxy) is 2. The van der Waals surface area contributed by atoms with E-state index in [4.69, 9.17) is 9.47 Å². The van der Waals surface area contributed by atoms with E-state index in [2.05, 4.69) is 20.2 Å². The van der Waals surface area contributed by atoms with Crippen LogP contribution in [0.25, 0.3) is 20.7 Å². The summed E-state index contributed by atoms with van der Waals surface area (Å²) in [6, 6.07) is 7.63. The second-order valence-electron chi connectivity index (χ2n) is 6.24.